The molecule has 0 atom stereocenters. The van der Waals surface area contributed by atoms with E-state index in [1.54, 1.807) is 6.07 Å². The molecular formula is C14H23NO2. The average Bonchev–Trinajstić information content (AvgIpc) is 2.32. The molecule has 3 heteroatoms. The summed E-state index contributed by atoms with van der Waals surface area (Å²) in [5.74, 6) is 0.366. The van der Waals surface area contributed by atoms with Crippen LogP contribution in [0.15, 0.2) is 18.2 Å². The maximum absolute atomic E-state index is 9.64. The highest BCUT2D eigenvalue weighted by atomic mass is 16.5. The van der Waals surface area contributed by atoms with E-state index in [0.29, 0.717) is 12.3 Å². The van der Waals surface area contributed by atoms with Crippen LogP contribution in [0.5, 0.6) is 5.75 Å². The van der Waals surface area contributed by atoms with E-state index in [2.05, 4.69) is 12.2 Å². The highest BCUT2D eigenvalue weighted by molar-refractivity contribution is 5.35. The summed E-state index contributed by atoms with van der Waals surface area (Å²) < 4.78 is 5.39. The summed E-state index contributed by atoms with van der Waals surface area (Å²) in [6.07, 6.45) is 2.08. The first kappa shape index (κ1) is 14.0. The summed E-state index contributed by atoms with van der Waals surface area (Å²) in [7, 11) is 0. The number of benzene rings is 1. The Kier molecular flexibility index (Phi) is 6.67. The largest absolute Gasteiger partial charge is 0.508 e. The molecule has 0 aliphatic heterocycles. The smallest absolute Gasteiger partial charge is 0.120 e. The van der Waals surface area contributed by atoms with Crippen molar-refractivity contribution in [2.75, 3.05) is 19.8 Å². The van der Waals surface area contributed by atoms with Gasteiger partial charge < -0.3 is 15.2 Å². The van der Waals surface area contributed by atoms with Gasteiger partial charge in [-0.25, -0.2) is 0 Å². The summed E-state index contributed by atoms with van der Waals surface area (Å²) in [4.78, 5) is 0. The van der Waals surface area contributed by atoms with Gasteiger partial charge in [0.05, 0.1) is 0 Å². The number of aryl methyl sites for hydroxylation is 1. The van der Waals surface area contributed by atoms with E-state index in [0.717, 1.165) is 38.2 Å². The van der Waals surface area contributed by atoms with Crippen LogP contribution in [0.25, 0.3) is 0 Å². The zero-order valence-electron chi connectivity index (χ0n) is 10.8. The molecule has 0 saturated heterocycles. The first-order chi connectivity index (χ1) is 8.24. The van der Waals surface area contributed by atoms with Gasteiger partial charge in [0.2, 0.25) is 0 Å². The Labute approximate surface area is 104 Å². The van der Waals surface area contributed by atoms with Crippen LogP contribution in [0.3, 0.4) is 0 Å². The van der Waals surface area contributed by atoms with Crippen molar-refractivity contribution in [3.8, 4) is 5.75 Å². The number of hydrogen-bond donors (Lipinski definition) is 2. The van der Waals surface area contributed by atoms with Crippen molar-refractivity contribution < 1.29 is 9.84 Å². The second-order valence-corrected chi connectivity index (χ2v) is 4.27. The Bertz CT molecular complexity index is 326. The van der Waals surface area contributed by atoms with Gasteiger partial charge in [0.15, 0.2) is 0 Å². The Morgan fingerprint density at radius 3 is 2.88 bits per heavy atom. The van der Waals surface area contributed by atoms with Crippen molar-refractivity contribution in [1.82, 2.24) is 5.32 Å². The minimum absolute atomic E-state index is 0.366. The quantitative estimate of drug-likeness (QED) is 0.683. The van der Waals surface area contributed by atoms with Gasteiger partial charge >= 0.3 is 0 Å². The van der Waals surface area contributed by atoms with Crippen molar-refractivity contribution in [3.63, 3.8) is 0 Å². The highest BCUT2D eigenvalue weighted by Crippen LogP contribution is 2.17. The summed E-state index contributed by atoms with van der Waals surface area (Å²) in [5, 5.41) is 12.9. The van der Waals surface area contributed by atoms with E-state index in [-0.39, 0.29) is 0 Å². The molecule has 0 aliphatic carbocycles. The molecule has 0 fully saturated rings. The van der Waals surface area contributed by atoms with Crippen LogP contribution in [-0.4, -0.2) is 24.9 Å². The van der Waals surface area contributed by atoms with E-state index in [9.17, 15) is 5.11 Å². The fourth-order valence-electron chi connectivity index (χ4n) is 1.62. The molecule has 0 bridgehead atoms. The molecule has 0 radical (unpaired) electrons. The zero-order chi connectivity index (χ0) is 12.5. The molecule has 17 heavy (non-hydrogen) atoms. The predicted molar refractivity (Wildman–Crippen MR) is 70.3 cm³/mol. The number of aromatic hydroxyl groups is 1. The van der Waals surface area contributed by atoms with Crippen molar-refractivity contribution in [3.05, 3.63) is 29.3 Å². The molecule has 2 N–H and O–H groups in total. The lowest BCUT2D eigenvalue weighted by Crippen LogP contribution is -2.16. The normalized spacial score (nSPS) is 10.7. The van der Waals surface area contributed by atoms with Gasteiger partial charge in [0, 0.05) is 25.3 Å². The third-order valence-electron chi connectivity index (χ3n) is 2.54. The average molecular weight is 237 g/mol. The van der Waals surface area contributed by atoms with Gasteiger partial charge in [0.25, 0.3) is 0 Å². The van der Waals surface area contributed by atoms with Crippen molar-refractivity contribution >= 4 is 0 Å². The second-order valence-electron chi connectivity index (χ2n) is 4.27. The van der Waals surface area contributed by atoms with Gasteiger partial charge in [-0.2, -0.15) is 0 Å². The Morgan fingerprint density at radius 2 is 2.12 bits per heavy atom. The lowest BCUT2D eigenvalue weighted by atomic mass is 10.1. The number of phenolic OH excluding ortho intramolecular Hbond substituents is 1. The molecule has 96 valence electrons. The summed E-state index contributed by atoms with van der Waals surface area (Å²) >= 11 is 0. The van der Waals surface area contributed by atoms with E-state index < -0.39 is 0 Å². The predicted octanol–water partition coefficient (Wildman–Crippen LogP) is 2.61. The molecule has 0 aromatic heterocycles. The van der Waals surface area contributed by atoms with Crippen LogP contribution in [0.4, 0.5) is 0 Å². The fraction of sp³-hybridized carbons (Fsp3) is 0.571. The van der Waals surface area contributed by atoms with E-state index in [1.165, 1.54) is 5.56 Å². The minimum Gasteiger partial charge on any atom is -0.508 e. The maximum atomic E-state index is 9.64. The topological polar surface area (TPSA) is 41.5 Å². The Morgan fingerprint density at radius 1 is 1.29 bits per heavy atom. The molecule has 0 spiro atoms. The van der Waals surface area contributed by atoms with Crippen LogP contribution in [-0.2, 0) is 11.3 Å². The minimum atomic E-state index is 0.366. The summed E-state index contributed by atoms with van der Waals surface area (Å²) in [6.45, 7) is 7.41. The van der Waals surface area contributed by atoms with Crippen LogP contribution in [0.1, 0.15) is 30.9 Å². The number of rotatable bonds is 8. The van der Waals surface area contributed by atoms with Gasteiger partial charge in [-0.3, -0.25) is 0 Å². The maximum Gasteiger partial charge on any atom is 0.120 e. The van der Waals surface area contributed by atoms with Crippen LogP contribution >= 0.6 is 0 Å². The second kappa shape index (κ2) is 8.09. The van der Waals surface area contributed by atoms with E-state index in [4.69, 9.17) is 4.74 Å². The van der Waals surface area contributed by atoms with Crippen LogP contribution in [0, 0.1) is 6.92 Å². The third-order valence-corrected chi connectivity index (χ3v) is 2.54. The van der Waals surface area contributed by atoms with Gasteiger partial charge in [-0.1, -0.05) is 24.6 Å². The molecule has 1 aromatic rings. The standard InChI is InChI=1S/C14H23NO2/c1-3-8-17-9-4-7-15-11-13-10-12(2)5-6-14(13)16/h5-6,10,15-16H,3-4,7-9,11H2,1-2H3. The van der Waals surface area contributed by atoms with Crippen molar-refractivity contribution in [2.45, 2.75) is 33.2 Å². The first-order valence-corrected chi connectivity index (χ1v) is 6.31. The molecule has 0 heterocycles. The molecule has 0 aliphatic rings. The molecule has 0 saturated carbocycles. The number of nitrogens with one attached hydrogen (secondary N) is 1. The monoisotopic (exact) mass is 237 g/mol. The highest BCUT2D eigenvalue weighted by Gasteiger charge is 2.00. The fourth-order valence-corrected chi connectivity index (χ4v) is 1.62. The van der Waals surface area contributed by atoms with Gasteiger partial charge in [-0.15, -0.1) is 0 Å². The summed E-state index contributed by atoms with van der Waals surface area (Å²) in [6, 6.07) is 5.67. The summed E-state index contributed by atoms with van der Waals surface area (Å²) in [5.41, 5.74) is 2.13. The Balaban J connectivity index is 2.15. The van der Waals surface area contributed by atoms with Crippen LogP contribution in [0.2, 0.25) is 0 Å². The van der Waals surface area contributed by atoms with Crippen molar-refractivity contribution in [1.29, 1.82) is 0 Å². The lowest BCUT2D eigenvalue weighted by molar-refractivity contribution is 0.132. The number of phenols is 1. The Hall–Kier alpha value is -1.06. The molecule has 1 aromatic carbocycles. The molecular weight excluding hydrogens is 214 g/mol. The molecule has 0 amide bonds. The van der Waals surface area contributed by atoms with Gasteiger partial charge in [-0.05, 0) is 32.4 Å². The van der Waals surface area contributed by atoms with Crippen LogP contribution < -0.4 is 5.32 Å². The number of ether oxygens (including phenoxy) is 1. The number of hydrogen-bond acceptors (Lipinski definition) is 3. The first-order valence-electron chi connectivity index (χ1n) is 6.31. The van der Waals surface area contributed by atoms with E-state index in [1.807, 2.05) is 19.1 Å². The lowest BCUT2D eigenvalue weighted by Gasteiger charge is -2.08. The van der Waals surface area contributed by atoms with Gasteiger partial charge in [0.1, 0.15) is 5.75 Å². The molecule has 3 nitrogen and oxygen atoms in total. The third kappa shape index (κ3) is 5.71. The SMILES string of the molecule is CCCOCCCNCc1cc(C)ccc1O. The molecule has 0 unspecified atom stereocenters. The molecule has 1 rings (SSSR count). The van der Waals surface area contributed by atoms with E-state index >= 15 is 0 Å². The van der Waals surface area contributed by atoms with Crippen molar-refractivity contribution in [2.24, 2.45) is 0 Å². The zero-order valence-corrected chi connectivity index (χ0v) is 10.8.